The molecule has 9 heteroatoms. The summed E-state index contributed by atoms with van der Waals surface area (Å²) in [5.74, 6) is -0.318. The van der Waals surface area contributed by atoms with E-state index in [1.54, 1.807) is 29.7 Å². The van der Waals surface area contributed by atoms with E-state index in [0.717, 1.165) is 0 Å². The Morgan fingerprint density at radius 1 is 1.09 bits per heavy atom. The Kier molecular flexibility index (Phi) is 5.14. The summed E-state index contributed by atoms with van der Waals surface area (Å²) in [5, 5.41) is 16.5. The lowest BCUT2D eigenvalue weighted by atomic mass is 10.1. The van der Waals surface area contributed by atoms with Gasteiger partial charge in [0.05, 0.1) is 33.9 Å². The van der Waals surface area contributed by atoms with Gasteiger partial charge in [-0.15, -0.1) is 9.73 Å². The van der Waals surface area contributed by atoms with Crippen LogP contribution in [0.25, 0.3) is 22.0 Å². The Labute approximate surface area is 193 Å². The highest BCUT2D eigenvalue weighted by Gasteiger charge is 2.23. The van der Waals surface area contributed by atoms with Crippen LogP contribution in [0.15, 0.2) is 71.7 Å². The molecule has 0 unspecified atom stereocenters. The van der Waals surface area contributed by atoms with Crippen LogP contribution in [0.2, 0.25) is 5.02 Å². The average Bonchev–Trinajstić information content (AvgIpc) is 3.15. The first-order chi connectivity index (χ1) is 16.0. The van der Waals surface area contributed by atoms with Crippen molar-refractivity contribution >= 4 is 33.8 Å². The predicted octanol–water partition coefficient (Wildman–Crippen LogP) is 3.88. The van der Waals surface area contributed by atoms with Gasteiger partial charge in [-0.05, 0) is 54.8 Å². The molecule has 0 bridgehead atoms. The monoisotopic (exact) mass is 458 g/mol. The zero-order valence-electron chi connectivity index (χ0n) is 17.9. The molecule has 0 fully saturated rings. The highest BCUT2D eigenvalue weighted by Crippen LogP contribution is 2.26. The molecule has 0 spiro atoms. The molecular weight excluding hydrogens is 440 g/mol. The molecule has 164 valence electrons. The minimum atomic E-state index is -0.502. The summed E-state index contributed by atoms with van der Waals surface area (Å²) >= 11 is 6.38. The van der Waals surface area contributed by atoms with E-state index in [1.165, 1.54) is 10.8 Å². The zero-order chi connectivity index (χ0) is 23.1. The van der Waals surface area contributed by atoms with Crippen molar-refractivity contribution in [1.82, 2.24) is 29.9 Å². The van der Waals surface area contributed by atoms with Gasteiger partial charge in [-0.1, -0.05) is 41.9 Å². The molecular formula is C24H19ClN6O2. The molecule has 1 amide bonds. The fourth-order valence-electron chi connectivity index (χ4n) is 4.06. The second kappa shape index (κ2) is 8.14. The lowest BCUT2D eigenvalue weighted by Crippen LogP contribution is -2.32. The topological polar surface area (TPSA) is 94.2 Å². The molecule has 3 aromatic heterocycles. The van der Waals surface area contributed by atoms with Gasteiger partial charge in [-0.2, -0.15) is 5.10 Å². The fraction of sp³-hybridized carbons (Fsp3) is 0.125. The van der Waals surface area contributed by atoms with Gasteiger partial charge in [-0.25, -0.2) is 0 Å². The van der Waals surface area contributed by atoms with E-state index in [2.05, 4.69) is 20.7 Å². The van der Waals surface area contributed by atoms with Crippen LogP contribution in [-0.4, -0.2) is 30.5 Å². The molecule has 1 atom stereocenters. The van der Waals surface area contributed by atoms with E-state index in [0.29, 0.717) is 44.0 Å². The second-order valence-corrected chi connectivity index (χ2v) is 8.11. The van der Waals surface area contributed by atoms with Gasteiger partial charge in [0.15, 0.2) is 0 Å². The van der Waals surface area contributed by atoms with E-state index in [9.17, 15) is 9.59 Å². The van der Waals surface area contributed by atoms with Crippen LogP contribution >= 0.6 is 11.6 Å². The Balaban J connectivity index is 1.64. The van der Waals surface area contributed by atoms with Gasteiger partial charge >= 0.3 is 0 Å². The van der Waals surface area contributed by atoms with Gasteiger partial charge in [-0.3, -0.25) is 14.2 Å². The molecule has 2 aromatic carbocycles. The number of pyridine rings is 1. The summed E-state index contributed by atoms with van der Waals surface area (Å²) in [6.45, 7) is 3.58. The van der Waals surface area contributed by atoms with E-state index in [4.69, 9.17) is 11.6 Å². The fourth-order valence-corrected chi connectivity index (χ4v) is 4.32. The van der Waals surface area contributed by atoms with E-state index in [-0.39, 0.29) is 11.5 Å². The number of amides is 1. The number of aryl methyl sites for hydroxylation is 1. The standard InChI is InChI=1S/C24H19ClN6O2/c1-14(27-23(32)21-15(2)28-31-19(21)11-12-26-29-31)20-13-16-7-6-10-18(25)22(16)24(33)30(20)17-8-4-3-5-9-17/h3-14H,1-2H3,(H,27,32)/t14-/m0/s1. The third kappa shape index (κ3) is 3.54. The van der Waals surface area contributed by atoms with Crippen LogP contribution in [-0.2, 0) is 0 Å². The molecule has 33 heavy (non-hydrogen) atoms. The SMILES string of the molecule is Cc1nn2nnccc2c1C(=O)N[C@@H](C)c1cc2cccc(Cl)c2c(=O)n1-c1ccccc1. The molecule has 5 aromatic rings. The Bertz CT molecular complexity index is 1580. The molecule has 0 aliphatic rings. The maximum atomic E-state index is 13.6. The van der Waals surface area contributed by atoms with Gasteiger partial charge in [0.2, 0.25) is 0 Å². The highest BCUT2D eigenvalue weighted by molar-refractivity contribution is 6.35. The van der Waals surface area contributed by atoms with Crippen LogP contribution in [0.1, 0.15) is 34.7 Å². The molecule has 8 nitrogen and oxygen atoms in total. The van der Waals surface area contributed by atoms with Crippen molar-refractivity contribution in [3.8, 4) is 5.69 Å². The number of aromatic nitrogens is 5. The normalized spacial score (nSPS) is 12.2. The zero-order valence-corrected chi connectivity index (χ0v) is 18.6. The number of hydrogen-bond donors (Lipinski definition) is 1. The quantitative estimate of drug-likeness (QED) is 0.441. The molecule has 0 aliphatic heterocycles. The van der Waals surface area contributed by atoms with Gasteiger partial charge in [0.25, 0.3) is 11.5 Å². The van der Waals surface area contributed by atoms with E-state index >= 15 is 0 Å². The predicted molar refractivity (Wildman–Crippen MR) is 126 cm³/mol. The van der Waals surface area contributed by atoms with Crippen LogP contribution in [0.3, 0.4) is 0 Å². The van der Waals surface area contributed by atoms with Crippen molar-refractivity contribution in [2.45, 2.75) is 19.9 Å². The molecule has 3 heterocycles. The van der Waals surface area contributed by atoms with Crippen molar-refractivity contribution in [3.63, 3.8) is 0 Å². The summed E-state index contributed by atoms with van der Waals surface area (Å²) in [5.41, 5.74) is 2.56. The highest BCUT2D eigenvalue weighted by atomic mass is 35.5. The Morgan fingerprint density at radius 2 is 1.88 bits per heavy atom. The van der Waals surface area contributed by atoms with Gasteiger partial charge in [0.1, 0.15) is 5.52 Å². The van der Waals surface area contributed by atoms with Crippen LogP contribution < -0.4 is 10.9 Å². The Hall–Kier alpha value is -4.04. The van der Waals surface area contributed by atoms with Gasteiger partial charge < -0.3 is 5.32 Å². The number of carbonyl (C=O) groups is 1. The number of nitrogens with one attached hydrogen (secondary N) is 1. The van der Waals surface area contributed by atoms with Crippen molar-refractivity contribution in [2.75, 3.05) is 0 Å². The third-order valence-electron chi connectivity index (χ3n) is 5.57. The number of halogens is 1. The summed E-state index contributed by atoms with van der Waals surface area (Å²) < 4.78 is 2.92. The summed E-state index contributed by atoms with van der Waals surface area (Å²) in [6, 6.07) is 17.7. The molecule has 0 saturated carbocycles. The molecule has 1 N–H and O–H groups in total. The molecule has 5 rings (SSSR count). The van der Waals surface area contributed by atoms with Crippen molar-refractivity contribution < 1.29 is 4.79 Å². The van der Waals surface area contributed by atoms with Crippen LogP contribution in [0.5, 0.6) is 0 Å². The summed E-state index contributed by atoms with van der Waals surface area (Å²) in [4.78, 5) is 26.8. The lowest BCUT2D eigenvalue weighted by molar-refractivity contribution is 0.0939. The third-order valence-corrected chi connectivity index (χ3v) is 5.89. The number of carbonyl (C=O) groups excluding carboxylic acids is 1. The van der Waals surface area contributed by atoms with Gasteiger partial charge in [0, 0.05) is 11.4 Å². The minimum Gasteiger partial charge on any atom is -0.344 e. The maximum Gasteiger partial charge on any atom is 0.264 e. The first kappa shape index (κ1) is 20.8. The van der Waals surface area contributed by atoms with Crippen molar-refractivity contribution in [2.24, 2.45) is 0 Å². The molecule has 0 aliphatic carbocycles. The number of benzene rings is 2. The molecule has 0 saturated heterocycles. The second-order valence-electron chi connectivity index (χ2n) is 7.70. The first-order valence-corrected chi connectivity index (χ1v) is 10.7. The van der Waals surface area contributed by atoms with Crippen LogP contribution in [0, 0.1) is 6.92 Å². The lowest BCUT2D eigenvalue weighted by Gasteiger charge is -2.21. The number of fused-ring (bicyclic) bond motifs is 2. The van der Waals surface area contributed by atoms with Crippen LogP contribution in [0.4, 0.5) is 0 Å². The number of nitrogens with zero attached hydrogens (tertiary/aromatic N) is 5. The van der Waals surface area contributed by atoms with Crippen molar-refractivity contribution in [1.29, 1.82) is 0 Å². The number of para-hydroxylation sites is 1. The number of hydrogen-bond acceptors (Lipinski definition) is 5. The number of rotatable bonds is 4. The summed E-state index contributed by atoms with van der Waals surface area (Å²) in [6.07, 6.45) is 1.51. The smallest absolute Gasteiger partial charge is 0.264 e. The van der Waals surface area contributed by atoms with E-state index < -0.39 is 6.04 Å². The molecule has 0 radical (unpaired) electrons. The van der Waals surface area contributed by atoms with Crippen molar-refractivity contribution in [3.05, 3.63) is 99.2 Å². The minimum absolute atomic E-state index is 0.247. The first-order valence-electron chi connectivity index (χ1n) is 10.3. The average molecular weight is 459 g/mol. The maximum absolute atomic E-state index is 13.6. The summed E-state index contributed by atoms with van der Waals surface area (Å²) in [7, 11) is 0. The largest absolute Gasteiger partial charge is 0.344 e. The Morgan fingerprint density at radius 3 is 2.67 bits per heavy atom. The van der Waals surface area contributed by atoms with E-state index in [1.807, 2.05) is 49.4 Å².